The molecular weight excluding hydrogens is 262 g/mol. The van der Waals surface area contributed by atoms with Crippen molar-refractivity contribution in [1.29, 1.82) is 0 Å². The Labute approximate surface area is 127 Å². The van der Waals surface area contributed by atoms with Crippen molar-refractivity contribution in [2.75, 3.05) is 24.7 Å². The van der Waals surface area contributed by atoms with Gasteiger partial charge in [-0.2, -0.15) is 0 Å². The van der Waals surface area contributed by atoms with Gasteiger partial charge < -0.3 is 16.0 Å². The molecule has 4 heteroatoms. The van der Waals surface area contributed by atoms with Crippen molar-refractivity contribution in [3.05, 3.63) is 23.8 Å². The third kappa shape index (κ3) is 3.49. The molecule has 1 fully saturated rings. The number of benzene rings is 1. The molecule has 1 saturated carbocycles. The van der Waals surface area contributed by atoms with E-state index >= 15 is 0 Å². The van der Waals surface area contributed by atoms with E-state index in [-0.39, 0.29) is 5.91 Å². The van der Waals surface area contributed by atoms with Crippen molar-refractivity contribution in [1.82, 2.24) is 5.32 Å². The summed E-state index contributed by atoms with van der Waals surface area (Å²) in [6, 6.07) is 6.09. The van der Waals surface area contributed by atoms with Crippen LogP contribution in [0.25, 0.3) is 0 Å². The standard InChI is InChI=1S/C17H27N3O/c1-17(2)9-7-13(8-10-17)20(4)15-6-5-12(11-14(15)18)16(21)19-3/h5-6,11,13H,7-10,18H2,1-4H3,(H,19,21). The highest BCUT2D eigenvalue weighted by Gasteiger charge is 2.29. The molecule has 0 bridgehead atoms. The molecule has 21 heavy (non-hydrogen) atoms. The number of amides is 1. The first kappa shape index (κ1) is 15.7. The van der Waals surface area contributed by atoms with Gasteiger partial charge in [0.1, 0.15) is 0 Å². The van der Waals surface area contributed by atoms with Crippen LogP contribution in [0.15, 0.2) is 18.2 Å². The quantitative estimate of drug-likeness (QED) is 0.841. The predicted octanol–water partition coefficient (Wildman–Crippen LogP) is 3.03. The summed E-state index contributed by atoms with van der Waals surface area (Å²) in [5.74, 6) is -0.102. The minimum absolute atomic E-state index is 0.102. The Hall–Kier alpha value is -1.71. The summed E-state index contributed by atoms with van der Waals surface area (Å²) < 4.78 is 0. The van der Waals surface area contributed by atoms with E-state index in [0.29, 0.717) is 22.7 Å². The van der Waals surface area contributed by atoms with E-state index in [1.54, 1.807) is 13.1 Å². The van der Waals surface area contributed by atoms with Gasteiger partial charge in [0.2, 0.25) is 0 Å². The third-order valence-electron chi connectivity index (χ3n) is 4.75. The van der Waals surface area contributed by atoms with Crippen LogP contribution in [0, 0.1) is 5.41 Å². The Bertz CT molecular complexity index is 515. The molecule has 0 unspecified atom stereocenters. The van der Waals surface area contributed by atoms with E-state index in [1.807, 2.05) is 12.1 Å². The Morgan fingerprint density at radius 1 is 1.33 bits per heavy atom. The van der Waals surface area contributed by atoms with Crippen LogP contribution in [0.3, 0.4) is 0 Å². The molecule has 0 spiro atoms. The van der Waals surface area contributed by atoms with Gasteiger partial charge in [-0.25, -0.2) is 0 Å². The summed E-state index contributed by atoms with van der Waals surface area (Å²) in [6.45, 7) is 4.69. The number of nitrogens with one attached hydrogen (secondary N) is 1. The highest BCUT2D eigenvalue weighted by Crippen LogP contribution is 2.38. The third-order valence-corrected chi connectivity index (χ3v) is 4.75. The molecule has 116 valence electrons. The van der Waals surface area contributed by atoms with E-state index in [0.717, 1.165) is 5.69 Å². The zero-order valence-electron chi connectivity index (χ0n) is 13.6. The van der Waals surface area contributed by atoms with Crippen molar-refractivity contribution >= 4 is 17.3 Å². The van der Waals surface area contributed by atoms with Crippen molar-refractivity contribution < 1.29 is 4.79 Å². The lowest BCUT2D eigenvalue weighted by Crippen LogP contribution is -2.37. The maximum atomic E-state index is 11.6. The number of hydrogen-bond acceptors (Lipinski definition) is 3. The first-order valence-corrected chi connectivity index (χ1v) is 7.68. The normalized spacial score (nSPS) is 18.3. The van der Waals surface area contributed by atoms with Gasteiger partial charge >= 0.3 is 0 Å². The highest BCUT2D eigenvalue weighted by atomic mass is 16.1. The number of nitrogens with zero attached hydrogens (tertiary/aromatic N) is 1. The lowest BCUT2D eigenvalue weighted by atomic mass is 9.75. The summed E-state index contributed by atoms with van der Waals surface area (Å²) in [4.78, 5) is 13.9. The van der Waals surface area contributed by atoms with E-state index in [2.05, 4.69) is 31.1 Å². The van der Waals surface area contributed by atoms with Gasteiger partial charge in [0, 0.05) is 25.7 Å². The molecule has 1 aromatic carbocycles. The van der Waals surface area contributed by atoms with Gasteiger partial charge in [0.15, 0.2) is 0 Å². The fourth-order valence-corrected chi connectivity index (χ4v) is 3.13. The number of rotatable bonds is 3. The molecule has 0 heterocycles. The number of carbonyl (C=O) groups excluding carboxylic acids is 1. The second-order valence-corrected chi connectivity index (χ2v) is 6.86. The molecule has 0 aliphatic heterocycles. The molecule has 3 N–H and O–H groups in total. The fraction of sp³-hybridized carbons (Fsp3) is 0.588. The molecule has 0 saturated heterocycles. The minimum Gasteiger partial charge on any atom is -0.397 e. The van der Waals surface area contributed by atoms with Gasteiger partial charge in [0.05, 0.1) is 11.4 Å². The van der Waals surface area contributed by atoms with Gasteiger partial charge in [-0.05, 0) is 49.3 Å². The van der Waals surface area contributed by atoms with E-state index in [4.69, 9.17) is 5.73 Å². The molecule has 4 nitrogen and oxygen atoms in total. The van der Waals surface area contributed by atoms with Crippen molar-refractivity contribution in [2.24, 2.45) is 5.41 Å². The van der Waals surface area contributed by atoms with Gasteiger partial charge in [-0.1, -0.05) is 13.8 Å². The van der Waals surface area contributed by atoms with Crippen molar-refractivity contribution in [3.8, 4) is 0 Å². The Kier molecular flexibility index (Phi) is 4.45. The minimum atomic E-state index is -0.102. The second kappa shape index (κ2) is 5.96. The summed E-state index contributed by atoms with van der Waals surface area (Å²) >= 11 is 0. The molecule has 0 aromatic heterocycles. The Balaban J connectivity index is 2.13. The van der Waals surface area contributed by atoms with Crippen LogP contribution in [0.1, 0.15) is 49.9 Å². The number of hydrogen-bond donors (Lipinski definition) is 2. The molecule has 2 rings (SSSR count). The van der Waals surface area contributed by atoms with E-state index in [1.165, 1.54) is 25.7 Å². The Morgan fingerprint density at radius 2 is 1.95 bits per heavy atom. The zero-order valence-corrected chi connectivity index (χ0v) is 13.6. The smallest absolute Gasteiger partial charge is 0.251 e. The molecule has 1 aromatic rings. The van der Waals surface area contributed by atoms with Gasteiger partial charge in [-0.15, -0.1) is 0 Å². The summed E-state index contributed by atoms with van der Waals surface area (Å²) in [5.41, 5.74) is 8.92. The summed E-state index contributed by atoms with van der Waals surface area (Å²) in [6.07, 6.45) is 4.89. The van der Waals surface area contributed by atoms with Crippen LogP contribution in [0.5, 0.6) is 0 Å². The Morgan fingerprint density at radius 3 is 2.48 bits per heavy atom. The lowest BCUT2D eigenvalue weighted by Gasteiger charge is -2.40. The van der Waals surface area contributed by atoms with E-state index < -0.39 is 0 Å². The number of carbonyl (C=O) groups is 1. The molecule has 1 aliphatic carbocycles. The first-order chi connectivity index (χ1) is 9.84. The summed E-state index contributed by atoms with van der Waals surface area (Å²) in [7, 11) is 3.73. The topological polar surface area (TPSA) is 58.4 Å². The maximum absolute atomic E-state index is 11.6. The SMILES string of the molecule is CNC(=O)c1ccc(N(C)C2CCC(C)(C)CC2)c(N)c1. The molecule has 1 amide bonds. The second-order valence-electron chi connectivity index (χ2n) is 6.86. The maximum Gasteiger partial charge on any atom is 0.251 e. The predicted molar refractivity (Wildman–Crippen MR) is 88.7 cm³/mol. The van der Waals surface area contributed by atoms with Gasteiger partial charge in [0.25, 0.3) is 5.91 Å². The summed E-state index contributed by atoms with van der Waals surface area (Å²) in [5, 5.41) is 2.62. The molecule has 0 atom stereocenters. The number of nitrogens with two attached hydrogens (primary N) is 1. The zero-order chi connectivity index (χ0) is 15.6. The fourth-order valence-electron chi connectivity index (χ4n) is 3.13. The van der Waals surface area contributed by atoms with Crippen molar-refractivity contribution in [3.63, 3.8) is 0 Å². The average Bonchev–Trinajstić information content (AvgIpc) is 2.45. The van der Waals surface area contributed by atoms with E-state index in [9.17, 15) is 4.79 Å². The lowest BCUT2D eigenvalue weighted by molar-refractivity contribution is 0.0963. The van der Waals surface area contributed by atoms with Crippen LogP contribution in [0.2, 0.25) is 0 Å². The van der Waals surface area contributed by atoms with Gasteiger partial charge in [-0.3, -0.25) is 4.79 Å². The largest absolute Gasteiger partial charge is 0.397 e. The van der Waals surface area contributed by atoms with Crippen LogP contribution in [-0.4, -0.2) is 26.0 Å². The monoisotopic (exact) mass is 289 g/mol. The first-order valence-electron chi connectivity index (χ1n) is 7.68. The average molecular weight is 289 g/mol. The van der Waals surface area contributed by atoms with Crippen LogP contribution < -0.4 is 16.0 Å². The molecule has 0 radical (unpaired) electrons. The van der Waals surface area contributed by atoms with Crippen LogP contribution in [-0.2, 0) is 0 Å². The highest BCUT2D eigenvalue weighted by molar-refractivity contribution is 5.96. The number of nitrogen functional groups attached to an aromatic ring is 1. The number of anilines is 2. The van der Waals surface area contributed by atoms with Crippen molar-refractivity contribution in [2.45, 2.75) is 45.6 Å². The van der Waals surface area contributed by atoms with Crippen LogP contribution >= 0.6 is 0 Å². The molecular formula is C17H27N3O. The van der Waals surface area contributed by atoms with Crippen LogP contribution in [0.4, 0.5) is 11.4 Å². The molecule has 1 aliphatic rings.